The summed E-state index contributed by atoms with van der Waals surface area (Å²) in [6.07, 6.45) is -0.154. The maximum absolute atomic E-state index is 12.2. The molecule has 118 valence electrons. The Kier molecular flexibility index (Phi) is 6.30. The second-order valence-electron chi connectivity index (χ2n) is 5.36. The van der Waals surface area contributed by atoms with Crippen molar-refractivity contribution in [3.63, 3.8) is 0 Å². The Labute approximate surface area is 131 Å². The highest BCUT2D eigenvalue weighted by molar-refractivity contribution is 5.85. The highest BCUT2D eigenvalue weighted by Crippen LogP contribution is 2.30. The molecule has 0 spiro atoms. The molecule has 3 atom stereocenters. The topological polar surface area (TPSA) is 64.8 Å². The predicted octanol–water partition coefficient (Wildman–Crippen LogP) is 1.69. The smallest absolute Gasteiger partial charge is 0.226 e. The molecule has 0 bridgehead atoms. The maximum Gasteiger partial charge on any atom is 0.226 e. The third-order valence-corrected chi connectivity index (χ3v) is 3.60. The second kappa shape index (κ2) is 7.52. The van der Waals surface area contributed by atoms with Crippen LogP contribution < -0.4 is 15.2 Å². The van der Waals surface area contributed by atoms with Crippen molar-refractivity contribution in [3.05, 3.63) is 24.3 Å². The van der Waals surface area contributed by atoms with Crippen LogP contribution in [0.2, 0.25) is 0 Å². The van der Waals surface area contributed by atoms with Crippen molar-refractivity contribution in [1.82, 2.24) is 4.90 Å². The lowest BCUT2D eigenvalue weighted by atomic mass is 10.0. The summed E-state index contributed by atoms with van der Waals surface area (Å²) < 4.78 is 11.5. The summed E-state index contributed by atoms with van der Waals surface area (Å²) in [5.41, 5.74) is 5.77. The molecule has 1 aliphatic rings. The fourth-order valence-corrected chi connectivity index (χ4v) is 2.12. The highest BCUT2D eigenvalue weighted by Gasteiger charge is 2.26. The number of hydrogen-bond acceptors (Lipinski definition) is 4. The van der Waals surface area contributed by atoms with Crippen LogP contribution in [0.5, 0.6) is 11.5 Å². The number of carbonyl (C=O) groups excluding carboxylic acids is 1. The minimum absolute atomic E-state index is 0. The molecule has 3 unspecified atom stereocenters. The summed E-state index contributed by atoms with van der Waals surface area (Å²) in [6, 6.07) is 7.39. The molecule has 0 radical (unpaired) electrons. The first-order chi connectivity index (χ1) is 9.49. The van der Waals surface area contributed by atoms with Gasteiger partial charge in [-0.2, -0.15) is 0 Å². The zero-order valence-electron chi connectivity index (χ0n) is 12.6. The Morgan fingerprint density at radius 1 is 1.38 bits per heavy atom. The van der Waals surface area contributed by atoms with Gasteiger partial charge >= 0.3 is 0 Å². The number of para-hydroxylation sites is 2. The molecule has 1 aromatic carbocycles. The number of nitrogens with two attached hydrogens (primary N) is 1. The molecule has 0 fully saturated rings. The van der Waals surface area contributed by atoms with E-state index in [0.29, 0.717) is 13.2 Å². The van der Waals surface area contributed by atoms with Crippen LogP contribution in [0, 0.1) is 5.92 Å². The van der Waals surface area contributed by atoms with Gasteiger partial charge in [-0.3, -0.25) is 4.79 Å². The van der Waals surface area contributed by atoms with Crippen LogP contribution in [0.25, 0.3) is 0 Å². The molecule has 2 rings (SSSR count). The van der Waals surface area contributed by atoms with Crippen LogP contribution in [0.15, 0.2) is 24.3 Å². The molecule has 1 amide bonds. The number of carbonyl (C=O) groups is 1. The van der Waals surface area contributed by atoms with Crippen LogP contribution in [0.4, 0.5) is 0 Å². The van der Waals surface area contributed by atoms with Gasteiger partial charge in [-0.15, -0.1) is 12.4 Å². The number of likely N-dealkylation sites (N-methyl/N-ethyl adjacent to an activating group) is 1. The molecule has 1 aliphatic heterocycles. The van der Waals surface area contributed by atoms with Crippen LogP contribution >= 0.6 is 12.4 Å². The zero-order valence-corrected chi connectivity index (χ0v) is 13.4. The van der Waals surface area contributed by atoms with Crippen molar-refractivity contribution in [1.29, 1.82) is 0 Å². The minimum Gasteiger partial charge on any atom is -0.486 e. The third-order valence-electron chi connectivity index (χ3n) is 3.60. The first kappa shape index (κ1) is 17.6. The lowest BCUT2D eigenvalue weighted by Crippen LogP contribution is -2.46. The summed E-state index contributed by atoms with van der Waals surface area (Å²) in [6.45, 7) is 4.62. The largest absolute Gasteiger partial charge is 0.486 e. The van der Waals surface area contributed by atoms with Gasteiger partial charge in [-0.05, 0) is 19.1 Å². The van der Waals surface area contributed by atoms with Gasteiger partial charge in [0.05, 0.1) is 12.5 Å². The van der Waals surface area contributed by atoms with Crippen molar-refractivity contribution in [3.8, 4) is 11.5 Å². The Morgan fingerprint density at radius 3 is 2.62 bits per heavy atom. The molecule has 1 aromatic rings. The molecule has 1 heterocycles. The average molecular weight is 315 g/mol. The SMILES string of the molecule is CC(N)C(C)C(=O)N(C)CC1COc2ccccc2O1.Cl. The van der Waals surface area contributed by atoms with E-state index in [2.05, 4.69) is 0 Å². The van der Waals surface area contributed by atoms with Crippen LogP contribution in [-0.4, -0.2) is 43.2 Å². The Morgan fingerprint density at radius 2 is 2.00 bits per heavy atom. The molecule has 0 saturated heterocycles. The third kappa shape index (κ3) is 4.25. The number of amides is 1. The monoisotopic (exact) mass is 314 g/mol. The quantitative estimate of drug-likeness (QED) is 0.918. The summed E-state index contributed by atoms with van der Waals surface area (Å²) in [5.74, 6) is 1.31. The van der Waals surface area contributed by atoms with Crippen LogP contribution in [-0.2, 0) is 4.79 Å². The van der Waals surface area contributed by atoms with E-state index in [-0.39, 0.29) is 36.4 Å². The zero-order chi connectivity index (χ0) is 14.7. The second-order valence-corrected chi connectivity index (χ2v) is 5.36. The molecule has 0 saturated carbocycles. The van der Waals surface area contributed by atoms with Gasteiger partial charge in [-0.25, -0.2) is 0 Å². The van der Waals surface area contributed by atoms with Crippen molar-refractivity contribution in [2.24, 2.45) is 11.7 Å². The Balaban J connectivity index is 0.00000220. The number of rotatable bonds is 4. The number of benzene rings is 1. The molecule has 2 N–H and O–H groups in total. The molecular weight excluding hydrogens is 292 g/mol. The molecular formula is C15H23ClN2O3. The summed E-state index contributed by atoms with van der Waals surface area (Å²) in [4.78, 5) is 13.8. The number of ether oxygens (including phenoxy) is 2. The average Bonchev–Trinajstić information content (AvgIpc) is 2.45. The van der Waals surface area contributed by atoms with Gasteiger partial charge < -0.3 is 20.1 Å². The molecule has 5 nitrogen and oxygen atoms in total. The van der Waals surface area contributed by atoms with E-state index >= 15 is 0 Å². The van der Waals surface area contributed by atoms with E-state index in [4.69, 9.17) is 15.2 Å². The van der Waals surface area contributed by atoms with E-state index in [0.717, 1.165) is 11.5 Å². The van der Waals surface area contributed by atoms with Crippen molar-refractivity contribution >= 4 is 18.3 Å². The van der Waals surface area contributed by atoms with E-state index in [9.17, 15) is 4.79 Å². The lowest BCUT2D eigenvalue weighted by molar-refractivity contribution is -0.135. The molecule has 0 aliphatic carbocycles. The van der Waals surface area contributed by atoms with Crippen LogP contribution in [0.3, 0.4) is 0 Å². The molecule has 21 heavy (non-hydrogen) atoms. The number of fused-ring (bicyclic) bond motifs is 1. The van der Waals surface area contributed by atoms with E-state index in [1.54, 1.807) is 11.9 Å². The van der Waals surface area contributed by atoms with Crippen LogP contribution in [0.1, 0.15) is 13.8 Å². The normalized spacial score (nSPS) is 19.1. The van der Waals surface area contributed by atoms with Gasteiger partial charge in [0, 0.05) is 13.1 Å². The van der Waals surface area contributed by atoms with Crippen molar-refractivity contribution < 1.29 is 14.3 Å². The van der Waals surface area contributed by atoms with E-state index in [1.165, 1.54) is 0 Å². The van der Waals surface area contributed by atoms with Gasteiger partial charge in [0.25, 0.3) is 0 Å². The maximum atomic E-state index is 12.2. The number of hydrogen-bond donors (Lipinski definition) is 1. The predicted molar refractivity (Wildman–Crippen MR) is 84.1 cm³/mol. The van der Waals surface area contributed by atoms with Gasteiger partial charge in [0.2, 0.25) is 5.91 Å². The first-order valence-corrected chi connectivity index (χ1v) is 6.88. The highest BCUT2D eigenvalue weighted by atomic mass is 35.5. The van der Waals surface area contributed by atoms with Crippen molar-refractivity contribution in [2.45, 2.75) is 26.0 Å². The van der Waals surface area contributed by atoms with Gasteiger partial charge in [0.15, 0.2) is 17.6 Å². The lowest BCUT2D eigenvalue weighted by Gasteiger charge is -2.31. The Bertz CT molecular complexity index is 482. The fraction of sp³-hybridized carbons (Fsp3) is 0.533. The Hall–Kier alpha value is -1.46. The summed E-state index contributed by atoms with van der Waals surface area (Å²) >= 11 is 0. The van der Waals surface area contributed by atoms with E-state index in [1.807, 2.05) is 38.1 Å². The first-order valence-electron chi connectivity index (χ1n) is 6.88. The van der Waals surface area contributed by atoms with Crippen molar-refractivity contribution in [2.75, 3.05) is 20.2 Å². The van der Waals surface area contributed by atoms with Gasteiger partial charge in [0.1, 0.15) is 6.61 Å². The minimum atomic E-state index is -0.197. The molecule has 0 aromatic heterocycles. The number of halogens is 1. The number of nitrogens with zero attached hydrogens (tertiary/aromatic N) is 1. The molecule has 6 heteroatoms. The standard InChI is InChI=1S/C15H22N2O3.ClH/c1-10(11(2)16)15(18)17(3)8-12-9-19-13-6-4-5-7-14(13)20-12;/h4-7,10-12H,8-9,16H2,1-3H3;1H. The fourth-order valence-electron chi connectivity index (χ4n) is 2.12. The summed E-state index contributed by atoms with van der Waals surface area (Å²) in [5, 5.41) is 0. The summed E-state index contributed by atoms with van der Waals surface area (Å²) in [7, 11) is 1.77. The van der Waals surface area contributed by atoms with Gasteiger partial charge in [-0.1, -0.05) is 19.1 Å². The van der Waals surface area contributed by atoms with E-state index < -0.39 is 0 Å².